The Morgan fingerprint density at radius 2 is 2.00 bits per heavy atom. The number of hydrogen-bond donors (Lipinski definition) is 0. The topological polar surface area (TPSA) is 64.4 Å². The number of sulfonamides is 1. The highest BCUT2D eigenvalue weighted by atomic mass is 32.2. The second-order valence-corrected chi connectivity index (χ2v) is 7.48. The van der Waals surface area contributed by atoms with E-state index in [2.05, 4.69) is 4.90 Å². The van der Waals surface area contributed by atoms with Gasteiger partial charge in [0, 0.05) is 20.1 Å². The first-order valence-corrected chi connectivity index (χ1v) is 8.58. The lowest BCUT2D eigenvalue weighted by Crippen LogP contribution is -2.35. The summed E-state index contributed by atoms with van der Waals surface area (Å²) in [6.45, 7) is 5.08. The summed E-state index contributed by atoms with van der Waals surface area (Å²) in [5.74, 6) is 0. The summed E-state index contributed by atoms with van der Waals surface area (Å²) in [7, 11) is -1.94. The maximum Gasteiger partial charge on any atom is 0.243 e. The maximum atomic E-state index is 12.6. The number of hydrogen-bond acceptors (Lipinski definition) is 4. The van der Waals surface area contributed by atoms with E-state index in [1.54, 1.807) is 26.1 Å². The van der Waals surface area contributed by atoms with Crippen molar-refractivity contribution in [3.05, 3.63) is 29.3 Å². The van der Waals surface area contributed by atoms with Crippen molar-refractivity contribution in [2.24, 2.45) is 0 Å². The molecule has 1 heterocycles. The molecule has 2 rings (SSSR count). The van der Waals surface area contributed by atoms with Crippen LogP contribution >= 0.6 is 0 Å². The molecule has 114 valence electrons. The Hall–Kier alpha value is -1.42. The predicted molar refractivity (Wildman–Crippen MR) is 81.4 cm³/mol. The maximum absolute atomic E-state index is 12.6. The molecule has 0 atom stereocenters. The molecule has 1 aliphatic heterocycles. The third-order valence-electron chi connectivity index (χ3n) is 3.94. The lowest BCUT2D eigenvalue weighted by molar-refractivity contribution is 0.310. The molecule has 1 aromatic carbocycles. The molecule has 0 aliphatic carbocycles. The van der Waals surface area contributed by atoms with Gasteiger partial charge in [0.05, 0.1) is 16.5 Å². The number of benzene rings is 1. The van der Waals surface area contributed by atoms with E-state index in [4.69, 9.17) is 5.26 Å². The summed E-state index contributed by atoms with van der Waals surface area (Å²) in [6.07, 6.45) is 2.39. The van der Waals surface area contributed by atoms with E-state index >= 15 is 0 Å². The fourth-order valence-electron chi connectivity index (χ4n) is 2.52. The van der Waals surface area contributed by atoms with Crippen molar-refractivity contribution < 1.29 is 8.42 Å². The highest BCUT2D eigenvalue weighted by Gasteiger charge is 2.24. The third-order valence-corrected chi connectivity index (χ3v) is 5.93. The van der Waals surface area contributed by atoms with Gasteiger partial charge in [-0.15, -0.1) is 0 Å². The molecule has 1 aromatic rings. The van der Waals surface area contributed by atoms with Gasteiger partial charge < -0.3 is 4.90 Å². The smallest absolute Gasteiger partial charge is 0.243 e. The van der Waals surface area contributed by atoms with Crippen LogP contribution in [0.2, 0.25) is 0 Å². The van der Waals surface area contributed by atoms with Crippen molar-refractivity contribution in [3.8, 4) is 6.07 Å². The van der Waals surface area contributed by atoms with E-state index in [1.165, 1.54) is 23.2 Å². The van der Waals surface area contributed by atoms with E-state index < -0.39 is 10.0 Å². The molecule has 0 spiro atoms. The molecule has 21 heavy (non-hydrogen) atoms. The summed E-state index contributed by atoms with van der Waals surface area (Å²) in [5.41, 5.74) is 1.04. The Balaban J connectivity index is 2.14. The molecule has 0 saturated carbocycles. The van der Waals surface area contributed by atoms with Gasteiger partial charge in [0.2, 0.25) is 10.0 Å². The van der Waals surface area contributed by atoms with Gasteiger partial charge in [0.25, 0.3) is 0 Å². The average molecular weight is 307 g/mol. The first-order valence-electron chi connectivity index (χ1n) is 7.14. The van der Waals surface area contributed by atoms with Crippen molar-refractivity contribution in [2.75, 3.05) is 33.2 Å². The predicted octanol–water partition coefficient (Wildman–Crippen LogP) is 1.58. The van der Waals surface area contributed by atoms with Gasteiger partial charge in [0.1, 0.15) is 0 Å². The van der Waals surface area contributed by atoms with Crippen molar-refractivity contribution in [3.63, 3.8) is 0 Å². The Morgan fingerprint density at radius 1 is 1.33 bits per heavy atom. The van der Waals surface area contributed by atoms with Crippen LogP contribution in [0.3, 0.4) is 0 Å². The van der Waals surface area contributed by atoms with Gasteiger partial charge in [0.15, 0.2) is 0 Å². The molecule has 0 unspecified atom stereocenters. The second kappa shape index (κ2) is 6.56. The molecule has 1 aliphatic rings. The number of nitriles is 1. The largest absolute Gasteiger partial charge is 0.302 e. The normalized spacial score (nSPS) is 16.3. The molecule has 1 saturated heterocycles. The molecule has 0 radical (unpaired) electrons. The first kappa shape index (κ1) is 16.0. The fourth-order valence-corrected chi connectivity index (χ4v) is 3.93. The molecule has 1 fully saturated rings. The zero-order valence-corrected chi connectivity index (χ0v) is 13.4. The van der Waals surface area contributed by atoms with Gasteiger partial charge >= 0.3 is 0 Å². The van der Waals surface area contributed by atoms with Crippen LogP contribution < -0.4 is 0 Å². The van der Waals surface area contributed by atoms with Crippen LogP contribution in [0.25, 0.3) is 0 Å². The van der Waals surface area contributed by atoms with Crippen molar-refractivity contribution in [1.82, 2.24) is 9.21 Å². The van der Waals surface area contributed by atoms with Crippen LogP contribution in [0.1, 0.15) is 24.0 Å². The second-order valence-electron chi connectivity index (χ2n) is 5.47. The highest BCUT2D eigenvalue weighted by molar-refractivity contribution is 7.89. The number of likely N-dealkylation sites (tertiary alicyclic amines) is 1. The lowest BCUT2D eigenvalue weighted by atomic mass is 10.2. The van der Waals surface area contributed by atoms with E-state index in [9.17, 15) is 8.42 Å². The Labute approximate surface area is 126 Å². The molecule has 5 nitrogen and oxygen atoms in total. The van der Waals surface area contributed by atoms with Crippen LogP contribution in [0, 0.1) is 18.3 Å². The van der Waals surface area contributed by atoms with Gasteiger partial charge in [-0.05, 0) is 50.6 Å². The molecule has 0 N–H and O–H groups in total. The van der Waals surface area contributed by atoms with Crippen LogP contribution in [0.4, 0.5) is 0 Å². The van der Waals surface area contributed by atoms with Crippen molar-refractivity contribution in [1.29, 1.82) is 5.26 Å². The Morgan fingerprint density at radius 3 is 2.62 bits per heavy atom. The number of likely N-dealkylation sites (N-methyl/N-ethyl adjacent to an activating group) is 1. The molecule has 0 bridgehead atoms. The summed E-state index contributed by atoms with van der Waals surface area (Å²) in [5, 5.41) is 8.94. The molecular formula is C15H21N3O2S. The number of nitrogens with zero attached hydrogens (tertiary/aromatic N) is 3. The summed E-state index contributed by atoms with van der Waals surface area (Å²) >= 11 is 0. The monoisotopic (exact) mass is 307 g/mol. The van der Waals surface area contributed by atoms with Gasteiger partial charge in [-0.3, -0.25) is 0 Å². The van der Waals surface area contributed by atoms with Crippen LogP contribution in [0.15, 0.2) is 23.1 Å². The molecule has 0 aromatic heterocycles. The van der Waals surface area contributed by atoms with Crippen molar-refractivity contribution in [2.45, 2.75) is 24.7 Å². The Kier molecular flexibility index (Phi) is 4.99. The van der Waals surface area contributed by atoms with Gasteiger partial charge in [-0.2, -0.15) is 9.57 Å². The number of rotatable bonds is 5. The standard InChI is InChI=1S/C15H21N3O2S/c1-13-5-6-14(12-16)11-15(13)21(19,20)17(2)9-10-18-7-3-4-8-18/h5-6,11H,3-4,7-10H2,1-2H3. The van der Waals surface area contributed by atoms with E-state index in [0.717, 1.165) is 19.6 Å². The zero-order chi connectivity index (χ0) is 15.5. The minimum atomic E-state index is -3.54. The average Bonchev–Trinajstić information content (AvgIpc) is 2.98. The molecule has 6 heteroatoms. The minimum Gasteiger partial charge on any atom is -0.302 e. The van der Waals surface area contributed by atoms with Crippen LogP contribution in [-0.4, -0.2) is 50.8 Å². The van der Waals surface area contributed by atoms with Gasteiger partial charge in [-0.25, -0.2) is 8.42 Å². The minimum absolute atomic E-state index is 0.227. The van der Waals surface area contributed by atoms with E-state index in [1.807, 2.05) is 6.07 Å². The zero-order valence-electron chi connectivity index (χ0n) is 12.5. The van der Waals surface area contributed by atoms with Crippen LogP contribution in [-0.2, 0) is 10.0 Å². The summed E-state index contributed by atoms with van der Waals surface area (Å²) < 4.78 is 26.6. The van der Waals surface area contributed by atoms with Crippen molar-refractivity contribution >= 4 is 10.0 Å². The quantitative estimate of drug-likeness (QED) is 0.828. The summed E-state index contributed by atoms with van der Waals surface area (Å²) in [4.78, 5) is 2.51. The third kappa shape index (κ3) is 3.62. The first-order chi connectivity index (χ1) is 9.95. The summed E-state index contributed by atoms with van der Waals surface area (Å²) in [6, 6.07) is 6.76. The fraction of sp³-hybridized carbons (Fsp3) is 0.533. The van der Waals surface area contributed by atoms with E-state index in [-0.39, 0.29) is 4.90 Å². The molecular weight excluding hydrogens is 286 g/mol. The van der Waals surface area contributed by atoms with E-state index in [0.29, 0.717) is 17.7 Å². The number of aryl methyl sites for hydroxylation is 1. The van der Waals surface area contributed by atoms with Crippen LogP contribution in [0.5, 0.6) is 0 Å². The lowest BCUT2D eigenvalue weighted by Gasteiger charge is -2.22. The van der Waals surface area contributed by atoms with Gasteiger partial charge in [-0.1, -0.05) is 6.07 Å². The Bertz CT molecular complexity index is 643. The highest BCUT2D eigenvalue weighted by Crippen LogP contribution is 2.20. The SMILES string of the molecule is Cc1ccc(C#N)cc1S(=O)(=O)N(C)CCN1CCCC1. The molecule has 0 amide bonds.